The van der Waals surface area contributed by atoms with E-state index in [2.05, 4.69) is 15.0 Å². The average Bonchev–Trinajstić information content (AvgIpc) is 2.90. The second kappa shape index (κ2) is 5.45. The van der Waals surface area contributed by atoms with E-state index in [1.54, 1.807) is 36.7 Å². The molecule has 0 aliphatic heterocycles. The molecular weight excluding hydrogens is 290 g/mol. The Hall–Kier alpha value is -2.54. The standard InChI is InChI=1S/C14H11N3O3S/c18-13(19)8-21(20)10-3-1-2-9(6-10)14-16-11-4-5-15-7-12(11)17-14/h1-7H,8H2,(H,16,17)(H,18,19). The number of carboxylic acids is 1. The molecule has 21 heavy (non-hydrogen) atoms. The Morgan fingerprint density at radius 3 is 2.95 bits per heavy atom. The SMILES string of the molecule is O=C(O)CS(=O)c1cccc(-c2nc3ccncc3[nH]2)c1. The van der Waals surface area contributed by atoms with E-state index in [4.69, 9.17) is 5.11 Å². The van der Waals surface area contributed by atoms with Gasteiger partial charge in [-0.25, -0.2) is 4.98 Å². The summed E-state index contributed by atoms with van der Waals surface area (Å²) in [5, 5.41) is 8.71. The van der Waals surface area contributed by atoms with Crippen LogP contribution in [0.4, 0.5) is 0 Å². The Kier molecular flexibility index (Phi) is 3.49. The minimum atomic E-state index is -1.57. The van der Waals surface area contributed by atoms with Gasteiger partial charge in [0.2, 0.25) is 0 Å². The van der Waals surface area contributed by atoms with Crippen LogP contribution >= 0.6 is 0 Å². The molecule has 3 aromatic rings. The highest BCUT2D eigenvalue weighted by Crippen LogP contribution is 2.22. The van der Waals surface area contributed by atoms with Gasteiger partial charge in [0.15, 0.2) is 0 Å². The number of hydrogen-bond acceptors (Lipinski definition) is 4. The van der Waals surface area contributed by atoms with E-state index < -0.39 is 22.5 Å². The molecule has 1 atom stereocenters. The van der Waals surface area contributed by atoms with Crippen molar-refractivity contribution in [1.82, 2.24) is 15.0 Å². The number of pyridine rings is 1. The molecule has 3 rings (SSSR count). The van der Waals surface area contributed by atoms with E-state index in [-0.39, 0.29) is 0 Å². The lowest BCUT2D eigenvalue weighted by atomic mass is 10.2. The first kappa shape index (κ1) is 13.4. The van der Waals surface area contributed by atoms with Gasteiger partial charge in [0, 0.05) is 16.7 Å². The van der Waals surface area contributed by atoms with Gasteiger partial charge in [0.05, 0.1) is 28.0 Å². The maximum absolute atomic E-state index is 11.9. The predicted molar refractivity (Wildman–Crippen MR) is 78.2 cm³/mol. The molecule has 1 aromatic carbocycles. The molecular formula is C14H11N3O3S. The molecule has 106 valence electrons. The van der Waals surface area contributed by atoms with Crippen molar-refractivity contribution in [3.05, 3.63) is 42.7 Å². The van der Waals surface area contributed by atoms with Gasteiger partial charge in [0.25, 0.3) is 0 Å². The largest absolute Gasteiger partial charge is 0.481 e. The van der Waals surface area contributed by atoms with E-state index in [0.717, 1.165) is 16.6 Å². The van der Waals surface area contributed by atoms with Crippen LogP contribution in [0.3, 0.4) is 0 Å². The van der Waals surface area contributed by atoms with Crippen LogP contribution in [0.1, 0.15) is 0 Å². The molecule has 0 spiro atoms. The molecule has 1 unspecified atom stereocenters. The van der Waals surface area contributed by atoms with Gasteiger partial charge in [-0.05, 0) is 18.2 Å². The molecule has 2 heterocycles. The molecule has 0 fully saturated rings. The second-order valence-corrected chi connectivity index (χ2v) is 5.84. The fourth-order valence-corrected chi connectivity index (χ4v) is 2.85. The molecule has 2 aromatic heterocycles. The summed E-state index contributed by atoms with van der Waals surface area (Å²) < 4.78 is 11.9. The lowest BCUT2D eigenvalue weighted by Crippen LogP contribution is -2.09. The van der Waals surface area contributed by atoms with Gasteiger partial charge in [-0.3, -0.25) is 14.0 Å². The Bertz CT molecular complexity index is 811. The number of rotatable bonds is 4. The van der Waals surface area contributed by atoms with Crippen LogP contribution in [0.15, 0.2) is 47.6 Å². The van der Waals surface area contributed by atoms with Crippen molar-refractivity contribution >= 4 is 27.8 Å². The van der Waals surface area contributed by atoms with Crippen LogP contribution in [0, 0.1) is 0 Å². The number of aromatic amines is 1. The van der Waals surface area contributed by atoms with Crippen LogP contribution in [0.25, 0.3) is 22.4 Å². The number of imidazole rings is 1. The summed E-state index contributed by atoms with van der Waals surface area (Å²) in [6, 6.07) is 8.68. The molecule has 0 amide bonds. The summed E-state index contributed by atoms with van der Waals surface area (Å²) in [5.41, 5.74) is 2.35. The first-order valence-electron chi connectivity index (χ1n) is 6.14. The lowest BCUT2D eigenvalue weighted by Gasteiger charge is -2.02. The number of carbonyl (C=O) groups is 1. The maximum Gasteiger partial charge on any atom is 0.316 e. The Morgan fingerprint density at radius 1 is 1.33 bits per heavy atom. The van der Waals surface area contributed by atoms with Crippen molar-refractivity contribution in [2.24, 2.45) is 0 Å². The summed E-state index contributed by atoms with van der Waals surface area (Å²) in [6.07, 6.45) is 3.34. The highest BCUT2D eigenvalue weighted by Gasteiger charge is 2.11. The normalized spacial score (nSPS) is 12.4. The van der Waals surface area contributed by atoms with Gasteiger partial charge in [-0.1, -0.05) is 12.1 Å². The molecule has 7 heteroatoms. The van der Waals surface area contributed by atoms with Crippen LogP contribution in [0.2, 0.25) is 0 Å². The first-order valence-corrected chi connectivity index (χ1v) is 7.46. The van der Waals surface area contributed by atoms with Crippen LogP contribution in [-0.2, 0) is 15.6 Å². The van der Waals surface area contributed by atoms with Crippen molar-refractivity contribution in [2.75, 3.05) is 5.75 Å². The van der Waals surface area contributed by atoms with Gasteiger partial charge in [-0.2, -0.15) is 0 Å². The highest BCUT2D eigenvalue weighted by molar-refractivity contribution is 7.85. The number of aromatic nitrogens is 3. The van der Waals surface area contributed by atoms with E-state index in [0.29, 0.717) is 10.7 Å². The number of hydrogen-bond donors (Lipinski definition) is 2. The maximum atomic E-state index is 11.9. The summed E-state index contributed by atoms with van der Waals surface area (Å²) in [5.74, 6) is -0.867. The zero-order valence-corrected chi connectivity index (χ0v) is 11.6. The van der Waals surface area contributed by atoms with E-state index in [1.807, 2.05) is 6.07 Å². The number of nitrogens with zero attached hydrogens (tertiary/aromatic N) is 2. The number of nitrogens with one attached hydrogen (secondary N) is 1. The molecule has 0 bridgehead atoms. The number of H-pyrrole nitrogens is 1. The third kappa shape index (κ3) is 2.82. The van der Waals surface area contributed by atoms with Crippen LogP contribution in [0.5, 0.6) is 0 Å². The minimum absolute atomic E-state index is 0.409. The summed E-state index contributed by atoms with van der Waals surface area (Å²) in [4.78, 5) is 22.7. The van der Waals surface area contributed by atoms with Crippen molar-refractivity contribution in [1.29, 1.82) is 0 Å². The fraction of sp³-hybridized carbons (Fsp3) is 0.0714. The second-order valence-electron chi connectivity index (χ2n) is 4.39. The first-order chi connectivity index (χ1) is 10.1. The third-order valence-electron chi connectivity index (χ3n) is 2.91. The van der Waals surface area contributed by atoms with Gasteiger partial charge >= 0.3 is 5.97 Å². The zero-order chi connectivity index (χ0) is 14.8. The van der Waals surface area contributed by atoms with Crippen molar-refractivity contribution in [3.8, 4) is 11.4 Å². The highest BCUT2D eigenvalue weighted by atomic mass is 32.2. The van der Waals surface area contributed by atoms with Gasteiger partial charge < -0.3 is 10.1 Å². The van der Waals surface area contributed by atoms with E-state index >= 15 is 0 Å². The van der Waals surface area contributed by atoms with Crippen molar-refractivity contribution < 1.29 is 14.1 Å². The molecule has 0 aliphatic carbocycles. The predicted octanol–water partition coefficient (Wildman–Crippen LogP) is 1.82. The third-order valence-corrected chi connectivity index (χ3v) is 4.20. The molecule has 2 N–H and O–H groups in total. The number of aliphatic carboxylic acids is 1. The smallest absolute Gasteiger partial charge is 0.316 e. The monoisotopic (exact) mass is 301 g/mol. The Balaban J connectivity index is 1.99. The summed E-state index contributed by atoms with van der Waals surface area (Å²) >= 11 is 0. The van der Waals surface area contributed by atoms with E-state index in [9.17, 15) is 9.00 Å². The van der Waals surface area contributed by atoms with Crippen LogP contribution in [-0.4, -0.2) is 36.0 Å². The summed E-state index contributed by atoms with van der Waals surface area (Å²) in [7, 11) is -1.57. The molecule has 6 nitrogen and oxygen atoms in total. The molecule has 0 aliphatic rings. The Morgan fingerprint density at radius 2 is 2.19 bits per heavy atom. The Labute approximate surface area is 122 Å². The number of fused-ring (bicyclic) bond motifs is 1. The van der Waals surface area contributed by atoms with Crippen molar-refractivity contribution in [3.63, 3.8) is 0 Å². The quantitative estimate of drug-likeness (QED) is 0.766. The minimum Gasteiger partial charge on any atom is -0.481 e. The average molecular weight is 301 g/mol. The molecule has 0 saturated carbocycles. The molecule has 0 radical (unpaired) electrons. The fourth-order valence-electron chi connectivity index (χ4n) is 1.97. The topological polar surface area (TPSA) is 95.9 Å². The van der Waals surface area contributed by atoms with Crippen molar-refractivity contribution in [2.45, 2.75) is 4.90 Å². The summed E-state index contributed by atoms with van der Waals surface area (Å²) in [6.45, 7) is 0. The van der Waals surface area contributed by atoms with Crippen LogP contribution < -0.4 is 0 Å². The van der Waals surface area contributed by atoms with Gasteiger partial charge in [-0.15, -0.1) is 0 Å². The lowest BCUT2D eigenvalue weighted by molar-refractivity contribution is -0.133. The number of carboxylic acid groups (broad SMARTS) is 1. The number of benzene rings is 1. The van der Waals surface area contributed by atoms with E-state index in [1.165, 1.54) is 0 Å². The molecule has 0 saturated heterocycles. The van der Waals surface area contributed by atoms with Gasteiger partial charge in [0.1, 0.15) is 11.6 Å². The zero-order valence-electron chi connectivity index (χ0n) is 10.8.